The SMILES string of the molecule is CN(C)C(=O)CN1C(=O)[C@@H]2CC[C@H]1CN(C(=O)N(C)c1ccccc1)C2. The van der Waals surface area contributed by atoms with Crippen molar-refractivity contribution in [3.63, 3.8) is 0 Å². The van der Waals surface area contributed by atoms with Crippen LogP contribution in [0.4, 0.5) is 10.5 Å². The van der Waals surface area contributed by atoms with Gasteiger partial charge >= 0.3 is 6.03 Å². The molecule has 1 aromatic carbocycles. The summed E-state index contributed by atoms with van der Waals surface area (Å²) in [6.07, 6.45) is 1.60. The number of piperidine rings is 1. The minimum absolute atomic E-state index is 0.00545. The fourth-order valence-corrected chi connectivity index (χ4v) is 3.67. The molecule has 2 atom stereocenters. The maximum Gasteiger partial charge on any atom is 0.324 e. The summed E-state index contributed by atoms with van der Waals surface area (Å²) < 4.78 is 0. The highest BCUT2D eigenvalue weighted by molar-refractivity contribution is 5.93. The first-order valence-electron chi connectivity index (χ1n) is 8.96. The highest BCUT2D eigenvalue weighted by Gasteiger charge is 2.43. The number of para-hydroxylation sites is 1. The van der Waals surface area contributed by atoms with Crippen LogP contribution in [-0.4, -0.2) is 79.4 Å². The van der Waals surface area contributed by atoms with Crippen molar-refractivity contribution in [1.29, 1.82) is 0 Å². The second kappa shape index (κ2) is 7.35. The van der Waals surface area contributed by atoms with Gasteiger partial charge in [-0.15, -0.1) is 0 Å². The van der Waals surface area contributed by atoms with Gasteiger partial charge in [-0.3, -0.25) is 14.5 Å². The molecule has 2 bridgehead atoms. The highest BCUT2D eigenvalue weighted by Crippen LogP contribution is 2.30. The van der Waals surface area contributed by atoms with Crippen LogP contribution < -0.4 is 4.90 Å². The quantitative estimate of drug-likeness (QED) is 0.817. The molecule has 140 valence electrons. The van der Waals surface area contributed by atoms with Gasteiger partial charge in [0.15, 0.2) is 0 Å². The largest absolute Gasteiger partial charge is 0.347 e. The summed E-state index contributed by atoms with van der Waals surface area (Å²) in [4.78, 5) is 44.4. The predicted octanol–water partition coefficient (Wildman–Crippen LogP) is 1.25. The molecule has 7 nitrogen and oxygen atoms in total. The van der Waals surface area contributed by atoms with Crippen molar-refractivity contribution in [2.75, 3.05) is 45.7 Å². The molecular weight excluding hydrogens is 332 g/mol. The summed E-state index contributed by atoms with van der Waals surface area (Å²) in [5, 5.41) is 0. The zero-order valence-electron chi connectivity index (χ0n) is 15.6. The smallest absolute Gasteiger partial charge is 0.324 e. The van der Waals surface area contributed by atoms with Gasteiger partial charge in [0.25, 0.3) is 0 Å². The molecule has 3 aliphatic heterocycles. The zero-order valence-corrected chi connectivity index (χ0v) is 15.6. The van der Waals surface area contributed by atoms with Crippen LogP contribution in [0.3, 0.4) is 0 Å². The Kier molecular flexibility index (Phi) is 5.15. The van der Waals surface area contributed by atoms with E-state index >= 15 is 0 Å². The number of anilines is 1. The van der Waals surface area contributed by atoms with Crippen molar-refractivity contribution in [2.45, 2.75) is 18.9 Å². The third-order valence-corrected chi connectivity index (χ3v) is 5.30. The van der Waals surface area contributed by atoms with Gasteiger partial charge in [0, 0.05) is 46.0 Å². The number of likely N-dealkylation sites (N-methyl/N-ethyl adjacent to an activating group) is 1. The lowest BCUT2D eigenvalue weighted by molar-refractivity contribution is -0.145. The van der Waals surface area contributed by atoms with Crippen molar-refractivity contribution in [2.24, 2.45) is 5.92 Å². The van der Waals surface area contributed by atoms with E-state index in [1.807, 2.05) is 30.3 Å². The fourth-order valence-electron chi connectivity index (χ4n) is 3.67. The molecule has 3 heterocycles. The number of rotatable bonds is 3. The minimum Gasteiger partial charge on any atom is -0.347 e. The molecule has 0 unspecified atom stereocenters. The molecule has 0 N–H and O–H groups in total. The maximum atomic E-state index is 13.0. The van der Waals surface area contributed by atoms with Gasteiger partial charge in [-0.25, -0.2) is 4.79 Å². The predicted molar refractivity (Wildman–Crippen MR) is 98.7 cm³/mol. The number of amides is 4. The number of urea groups is 1. The molecule has 0 radical (unpaired) electrons. The molecule has 3 aliphatic rings. The van der Waals surface area contributed by atoms with Crippen molar-refractivity contribution < 1.29 is 14.4 Å². The number of carbonyl (C=O) groups excluding carboxylic acids is 3. The number of benzene rings is 1. The van der Waals surface area contributed by atoms with E-state index < -0.39 is 0 Å². The van der Waals surface area contributed by atoms with E-state index in [1.54, 1.807) is 35.8 Å². The Morgan fingerprint density at radius 1 is 1.08 bits per heavy atom. The first-order valence-corrected chi connectivity index (χ1v) is 8.96. The lowest BCUT2D eigenvalue weighted by atomic mass is 9.94. The standard InChI is InChI=1S/C19H26N4O3/c1-20(2)17(24)13-23-16-10-9-14(18(23)25)11-22(12-16)19(26)21(3)15-7-5-4-6-8-15/h4-8,14,16H,9-13H2,1-3H3/t14-,16+/m1/s1. The number of carbonyl (C=O) groups is 3. The van der Waals surface area contributed by atoms with Gasteiger partial charge in [0.05, 0.1) is 5.92 Å². The Morgan fingerprint density at radius 3 is 2.42 bits per heavy atom. The lowest BCUT2D eigenvalue weighted by Crippen LogP contribution is -2.52. The molecule has 7 heteroatoms. The van der Waals surface area contributed by atoms with Crippen LogP contribution in [0.15, 0.2) is 30.3 Å². The Labute approximate surface area is 154 Å². The lowest BCUT2D eigenvalue weighted by Gasteiger charge is -2.36. The van der Waals surface area contributed by atoms with Gasteiger partial charge in [0.2, 0.25) is 11.8 Å². The monoisotopic (exact) mass is 358 g/mol. The molecule has 4 amide bonds. The molecule has 0 saturated carbocycles. The van der Waals surface area contributed by atoms with Crippen LogP contribution in [0.5, 0.6) is 0 Å². The van der Waals surface area contributed by atoms with Crippen molar-refractivity contribution in [3.05, 3.63) is 30.3 Å². The average molecular weight is 358 g/mol. The number of nitrogens with zero attached hydrogens (tertiary/aromatic N) is 4. The summed E-state index contributed by atoms with van der Waals surface area (Å²) in [5.41, 5.74) is 0.820. The van der Waals surface area contributed by atoms with Crippen molar-refractivity contribution >= 4 is 23.5 Å². The van der Waals surface area contributed by atoms with E-state index in [1.165, 1.54) is 4.90 Å². The van der Waals surface area contributed by atoms with Gasteiger partial charge < -0.3 is 14.7 Å². The van der Waals surface area contributed by atoms with E-state index in [0.717, 1.165) is 18.5 Å². The van der Waals surface area contributed by atoms with Crippen LogP contribution in [0.1, 0.15) is 12.8 Å². The van der Waals surface area contributed by atoms with Crippen LogP contribution in [0.2, 0.25) is 0 Å². The normalized spacial score (nSPS) is 22.2. The first-order chi connectivity index (χ1) is 12.4. The molecule has 0 aliphatic carbocycles. The van der Waals surface area contributed by atoms with Crippen LogP contribution in [-0.2, 0) is 9.59 Å². The Bertz CT molecular complexity index is 691. The second-order valence-electron chi connectivity index (χ2n) is 7.26. The average Bonchev–Trinajstić information content (AvgIpc) is 2.93. The Balaban J connectivity index is 1.76. The van der Waals surface area contributed by atoms with E-state index in [2.05, 4.69) is 0 Å². The number of hydrogen-bond donors (Lipinski definition) is 0. The van der Waals surface area contributed by atoms with Crippen LogP contribution in [0.25, 0.3) is 0 Å². The maximum absolute atomic E-state index is 13.0. The zero-order chi connectivity index (χ0) is 18.8. The number of hydrogen-bond acceptors (Lipinski definition) is 3. The third-order valence-electron chi connectivity index (χ3n) is 5.30. The summed E-state index contributed by atoms with van der Waals surface area (Å²) in [6, 6.07) is 9.26. The molecular formula is C19H26N4O3. The molecule has 0 aromatic heterocycles. The topological polar surface area (TPSA) is 64.2 Å². The van der Waals surface area contributed by atoms with Gasteiger partial charge in [-0.05, 0) is 25.0 Å². The molecule has 0 spiro atoms. The summed E-state index contributed by atoms with van der Waals surface area (Å²) in [5.74, 6) is -0.323. The Hall–Kier alpha value is -2.57. The van der Waals surface area contributed by atoms with Gasteiger partial charge in [0.1, 0.15) is 6.54 Å². The van der Waals surface area contributed by atoms with Crippen molar-refractivity contribution in [1.82, 2.24) is 14.7 Å². The Morgan fingerprint density at radius 2 is 1.77 bits per heavy atom. The minimum atomic E-state index is -0.225. The fraction of sp³-hybridized carbons (Fsp3) is 0.526. The summed E-state index contributed by atoms with van der Waals surface area (Å²) >= 11 is 0. The van der Waals surface area contributed by atoms with E-state index in [4.69, 9.17) is 0 Å². The summed E-state index contributed by atoms with van der Waals surface area (Å²) in [7, 11) is 5.13. The van der Waals surface area contributed by atoms with Gasteiger partial charge in [-0.2, -0.15) is 0 Å². The van der Waals surface area contributed by atoms with E-state index in [9.17, 15) is 14.4 Å². The van der Waals surface area contributed by atoms with Crippen molar-refractivity contribution in [3.8, 4) is 0 Å². The number of fused-ring (bicyclic) bond motifs is 4. The van der Waals surface area contributed by atoms with E-state index in [0.29, 0.717) is 13.1 Å². The second-order valence-corrected chi connectivity index (χ2v) is 7.26. The molecule has 1 aromatic rings. The molecule has 3 fully saturated rings. The summed E-state index contributed by atoms with van der Waals surface area (Å²) in [6.45, 7) is 0.973. The third kappa shape index (κ3) is 3.52. The van der Waals surface area contributed by atoms with Gasteiger partial charge in [-0.1, -0.05) is 18.2 Å². The van der Waals surface area contributed by atoms with Crippen LogP contribution >= 0.6 is 0 Å². The van der Waals surface area contributed by atoms with Crippen LogP contribution in [0, 0.1) is 5.92 Å². The molecule has 3 saturated heterocycles. The first kappa shape index (κ1) is 18.2. The molecule has 4 rings (SSSR count). The van der Waals surface area contributed by atoms with E-state index in [-0.39, 0.29) is 36.3 Å². The molecule has 26 heavy (non-hydrogen) atoms. The highest BCUT2D eigenvalue weighted by atomic mass is 16.2.